The Morgan fingerprint density at radius 3 is 1.50 bits per heavy atom. The molecule has 0 N–H and O–H groups in total. The molecule has 0 aromatic rings. The van der Waals surface area contributed by atoms with Crippen LogP contribution in [-0.2, 0) is 0 Å². The molecule has 0 rings (SSSR count). The van der Waals surface area contributed by atoms with Gasteiger partial charge < -0.3 is 0 Å². The summed E-state index contributed by atoms with van der Waals surface area (Å²) in [6, 6.07) is 0. The van der Waals surface area contributed by atoms with Crippen LogP contribution in [0.1, 0.15) is 104 Å². The van der Waals surface area contributed by atoms with Gasteiger partial charge in [-0.3, -0.25) is 0 Å². The van der Waals surface area contributed by atoms with Crippen LogP contribution >= 0.6 is 0 Å². The van der Waals surface area contributed by atoms with E-state index in [-0.39, 0.29) is 0 Å². The van der Waals surface area contributed by atoms with Gasteiger partial charge >= 0.3 is 0 Å². The van der Waals surface area contributed by atoms with Crippen molar-refractivity contribution in [2.45, 2.75) is 104 Å². The second kappa shape index (κ2) is 16.7. The average Bonchev–Trinajstić information content (AvgIpc) is 2.39. The first kappa shape index (κ1) is 17.7. The number of hydrogen-bond acceptors (Lipinski definition) is 0. The Morgan fingerprint density at radius 1 is 0.611 bits per heavy atom. The molecular weight excluding hydrogens is 216 g/mol. The smallest absolute Gasteiger partial charge is 0.0308 e. The number of rotatable bonds is 14. The minimum atomic E-state index is 1.07. The van der Waals surface area contributed by atoms with E-state index in [1.807, 2.05) is 0 Å². The third-order valence-corrected chi connectivity index (χ3v) is 3.55. The summed E-state index contributed by atoms with van der Waals surface area (Å²) in [5.74, 6) is 0. The van der Waals surface area contributed by atoms with Crippen LogP contribution in [0.4, 0.5) is 0 Å². The van der Waals surface area contributed by atoms with Gasteiger partial charge in [-0.2, -0.15) is 0 Å². The fraction of sp³-hybridized carbons (Fsp3) is 0.889. The van der Waals surface area contributed by atoms with Gasteiger partial charge in [-0.15, -0.1) is 0 Å². The molecule has 107 valence electrons. The van der Waals surface area contributed by atoms with Gasteiger partial charge in [0.05, 0.1) is 0 Å². The molecule has 1 radical (unpaired) electrons. The quantitative estimate of drug-likeness (QED) is 0.296. The minimum Gasteiger partial charge on any atom is -0.0811 e. The van der Waals surface area contributed by atoms with Crippen molar-refractivity contribution in [1.82, 2.24) is 0 Å². The molecule has 0 aromatic carbocycles. The molecule has 0 spiro atoms. The summed E-state index contributed by atoms with van der Waals surface area (Å²) in [5, 5.41) is 0. The van der Waals surface area contributed by atoms with E-state index in [4.69, 9.17) is 0 Å². The van der Waals surface area contributed by atoms with Crippen molar-refractivity contribution < 1.29 is 0 Å². The van der Waals surface area contributed by atoms with E-state index in [0.717, 1.165) is 6.42 Å². The van der Waals surface area contributed by atoms with E-state index in [2.05, 4.69) is 26.0 Å². The predicted octanol–water partition coefficient (Wildman–Crippen LogP) is 6.85. The third kappa shape index (κ3) is 15.7. The highest BCUT2D eigenvalue weighted by atomic mass is 14.0. The SMILES string of the molecule is CC/[C]=C/CCCCCCCCCCCCCC. The number of allylic oxidation sites excluding steroid dienone is 2. The Balaban J connectivity index is 2.92. The molecule has 0 saturated carbocycles. The molecule has 0 aliphatic rings. The third-order valence-electron chi connectivity index (χ3n) is 3.55. The molecule has 0 aliphatic heterocycles. The van der Waals surface area contributed by atoms with Crippen molar-refractivity contribution in [3.63, 3.8) is 0 Å². The molecule has 0 heteroatoms. The van der Waals surface area contributed by atoms with Gasteiger partial charge in [-0.25, -0.2) is 0 Å². The van der Waals surface area contributed by atoms with Crippen LogP contribution in [0.25, 0.3) is 0 Å². The van der Waals surface area contributed by atoms with Crippen molar-refractivity contribution in [2.75, 3.05) is 0 Å². The summed E-state index contributed by atoms with van der Waals surface area (Å²) >= 11 is 0. The molecule has 18 heavy (non-hydrogen) atoms. The summed E-state index contributed by atoms with van der Waals surface area (Å²) in [6.07, 6.45) is 25.1. The lowest BCUT2D eigenvalue weighted by atomic mass is 10.0. The topological polar surface area (TPSA) is 0 Å². The molecule has 0 bridgehead atoms. The molecule has 0 nitrogen and oxygen atoms in total. The minimum absolute atomic E-state index is 1.07. The van der Waals surface area contributed by atoms with Crippen molar-refractivity contribution in [1.29, 1.82) is 0 Å². The number of hydrogen-bond donors (Lipinski definition) is 0. The summed E-state index contributed by atoms with van der Waals surface area (Å²) < 4.78 is 0. The van der Waals surface area contributed by atoms with E-state index in [1.54, 1.807) is 0 Å². The van der Waals surface area contributed by atoms with E-state index in [1.165, 1.54) is 83.5 Å². The highest BCUT2D eigenvalue weighted by Crippen LogP contribution is 2.12. The van der Waals surface area contributed by atoms with Crippen LogP contribution in [0.15, 0.2) is 6.08 Å². The van der Waals surface area contributed by atoms with Crippen LogP contribution in [0, 0.1) is 6.08 Å². The molecule has 0 amide bonds. The first-order valence-corrected chi connectivity index (χ1v) is 8.46. The van der Waals surface area contributed by atoms with Crippen molar-refractivity contribution >= 4 is 0 Å². The first-order chi connectivity index (χ1) is 8.91. The molecule has 0 fully saturated rings. The zero-order chi connectivity index (χ0) is 13.3. The average molecular weight is 251 g/mol. The standard InChI is InChI=1S/C18H35/c1-3-5-7-9-11-13-15-17-18-16-14-12-10-8-6-4-2/h8H,3-5,7,9-18H2,1-2H3. The van der Waals surface area contributed by atoms with E-state index >= 15 is 0 Å². The van der Waals surface area contributed by atoms with Gasteiger partial charge in [0.1, 0.15) is 0 Å². The molecule has 0 saturated heterocycles. The van der Waals surface area contributed by atoms with Gasteiger partial charge in [0.25, 0.3) is 0 Å². The molecule has 0 aliphatic carbocycles. The molecule has 0 unspecified atom stereocenters. The maximum atomic E-state index is 3.26. The zero-order valence-electron chi connectivity index (χ0n) is 13.0. The predicted molar refractivity (Wildman–Crippen MR) is 83.8 cm³/mol. The maximum Gasteiger partial charge on any atom is -0.0308 e. The number of unbranched alkanes of at least 4 members (excludes halogenated alkanes) is 12. The van der Waals surface area contributed by atoms with Gasteiger partial charge in [0.15, 0.2) is 0 Å². The molecule has 0 atom stereocenters. The van der Waals surface area contributed by atoms with Crippen LogP contribution in [0.2, 0.25) is 0 Å². The Hall–Kier alpha value is -0.260. The summed E-state index contributed by atoms with van der Waals surface area (Å²) in [7, 11) is 0. The Kier molecular flexibility index (Phi) is 16.5. The van der Waals surface area contributed by atoms with E-state index < -0.39 is 0 Å². The fourth-order valence-corrected chi connectivity index (χ4v) is 2.33. The Labute approximate surface area is 116 Å². The van der Waals surface area contributed by atoms with Crippen LogP contribution in [0.3, 0.4) is 0 Å². The largest absolute Gasteiger partial charge is 0.0811 e. The molecular formula is C18H35. The second-order valence-corrected chi connectivity index (χ2v) is 5.44. The zero-order valence-corrected chi connectivity index (χ0v) is 13.0. The van der Waals surface area contributed by atoms with E-state index in [0.29, 0.717) is 0 Å². The van der Waals surface area contributed by atoms with Crippen LogP contribution < -0.4 is 0 Å². The van der Waals surface area contributed by atoms with Crippen molar-refractivity contribution in [2.24, 2.45) is 0 Å². The lowest BCUT2D eigenvalue weighted by Gasteiger charge is -2.02. The summed E-state index contributed by atoms with van der Waals surface area (Å²) in [6.45, 7) is 4.44. The van der Waals surface area contributed by atoms with Crippen molar-refractivity contribution in [3.05, 3.63) is 12.2 Å². The monoisotopic (exact) mass is 251 g/mol. The maximum absolute atomic E-state index is 3.26. The summed E-state index contributed by atoms with van der Waals surface area (Å²) in [5.41, 5.74) is 0. The van der Waals surface area contributed by atoms with Crippen LogP contribution in [0.5, 0.6) is 0 Å². The fourth-order valence-electron chi connectivity index (χ4n) is 2.33. The lowest BCUT2D eigenvalue weighted by molar-refractivity contribution is 0.545. The Bertz CT molecular complexity index is 157. The van der Waals surface area contributed by atoms with Crippen LogP contribution in [-0.4, -0.2) is 0 Å². The van der Waals surface area contributed by atoms with Gasteiger partial charge in [0, 0.05) is 0 Å². The van der Waals surface area contributed by atoms with Gasteiger partial charge in [0.2, 0.25) is 0 Å². The van der Waals surface area contributed by atoms with Gasteiger partial charge in [-0.1, -0.05) is 90.6 Å². The Morgan fingerprint density at radius 2 is 1.06 bits per heavy atom. The normalized spacial score (nSPS) is 11.4. The first-order valence-electron chi connectivity index (χ1n) is 8.46. The highest BCUT2D eigenvalue weighted by Gasteiger charge is 1.92. The lowest BCUT2D eigenvalue weighted by Crippen LogP contribution is -1.82. The summed E-state index contributed by atoms with van der Waals surface area (Å²) in [4.78, 5) is 0. The van der Waals surface area contributed by atoms with E-state index in [9.17, 15) is 0 Å². The van der Waals surface area contributed by atoms with Crippen molar-refractivity contribution in [3.8, 4) is 0 Å². The van der Waals surface area contributed by atoms with Gasteiger partial charge in [-0.05, 0) is 25.3 Å². The second-order valence-electron chi connectivity index (χ2n) is 5.44. The highest BCUT2D eigenvalue weighted by molar-refractivity contribution is 4.71. The molecule has 0 aromatic heterocycles. The molecule has 0 heterocycles.